The predicted molar refractivity (Wildman–Crippen MR) is 155 cm³/mol. The molecular formula is C32H50O3S. The molecule has 0 radical (unpaired) electrons. The summed E-state index contributed by atoms with van der Waals surface area (Å²) in [6, 6.07) is 21.4. The molecule has 0 saturated carbocycles. The molecule has 0 aliphatic rings. The third-order valence-electron chi connectivity index (χ3n) is 7.92. The van der Waals surface area contributed by atoms with E-state index in [2.05, 4.69) is 74.5 Å². The van der Waals surface area contributed by atoms with Crippen LogP contribution in [-0.2, 0) is 21.6 Å². The third-order valence-corrected chi connectivity index (χ3v) is 9.40. The summed E-state index contributed by atoms with van der Waals surface area (Å²) in [5, 5.41) is 18.7. The third kappa shape index (κ3) is 10.9. The van der Waals surface area contributed by atoms with Crippen LogP contribution in [0.25, 0.3) is 0 Å². The number of rotatable bonds is 20. The molecule has 0 saturated heterocycles. The Balaban J connectivity index is 1.64. The molecule has 36 heavy (non-hydrogen) atoms. The molecule has 2 N–H and O–H groups in total. The van der Waals surface area contributed by atoms with Crippen molar-refractivity contribution in [2.45, 2.75) is 102 Å². The lowest BCUT2D eigenvalue weighted by Gasteiger charge is -2.30. The van der Waals surface area contributed by atoms with Crippen molar-refractivity contribution in [3.63, 3.8) is 0 Å². The van der Waals surface area contributed by atoms with E-state index in [1.165, 1.54) is 11.1 Å². The van der Waals surface area contributed by atoms with Crippen molar-refractivity contribution in [3.05, 3.63) is 71.8 Å². The molecule has 2 atom stereocenters. The van der Waals surface area contributed by atoms with Crippen LogP contribution in [0.4, 0.5) is 0 Å². The maximum Gasteiger partial charge on any atom is 0.0431 e. The van der Waals surface area contributed by atoms with Crippen molar-refractivity contribution in [3.8, 4) is 0 Å². The van der Waals surface area contributed by atoms with E-state index in [4.69, 9.17) is 0 Å². The standard InChI is InChI=1S/C32H50O3S/c1-31(23-15-25-33,29-17-7-3-8-18-29)21-11-5-13-27-36(35)28-14-6-12-22-32(2,24-16-26-34)30-19-9-4-10-20-30/h3-4,7-10,17-20,33-34H,5-6,11-16,21-28H2,1-2H3. The van der Waals surface area contributed by atoms with Crippen LogP contribution in [0.1, 0.15) is 102 Å². The summed E-state index contributed by atoms with van der Waals surface area (Å²) < 4.78 is 12.5. The molecule has 0 aliphatic heterocycles. The van der Waals surface area contributed by atoms with Gasteiger partial charge < -0.3 is 10.2 Å². The highest BCUT2D eigenvalue weighted by Crippen LogP contribution is 2.35. The second-order valence-electron chi connectivity index (χ2n) is 11.0. The highest BCUT2D eigenvalue weighted by atomic mass is 32.2. The quantitative estimate of drug-likeness (QED) is 0.182. The average Bonchev–Trinajstić information content (AvgIpc) is 2.91. The minimum atomic E-state index is -0.717. The largest absolute Gasteiger partial charge is 0.396 e. The van der Waals surface area contributed by atoms with Crippen LogP contribution in [0.2, 0.25) is 0 Å². The lowest BCUT2D eigenvalue weighted by atomic mass is 9.75. The monoisotopic (exact) mass is 514 g/mol. The fourth-order valence-corrected chi connectivity index (χ4v) is 6.72. The summed E-state index contributed by atoms with van der Waals surface area (Å²) in [4.78, 5) is 0. The molecule has 3 nitrogen and oxygen atoms in total. The number of unbranched alkanes of at least 4 members (excludes halogenated alkanes) is 4. The molecule has 4 heteroatoms. The van der Waals surface area contributed by atoms with Crippen molar-refractivity contribution in [2.24, 2.45) is 0 Å². The molecule has 0 aromatic heterocycles. The van der Waals surface area contributed by atoms with Crippen LogP contribution in [0, 0.1) is 0 Å². The normalized spacial score (nSPS) is 15.8. The number of hydrogen-bond donors (Lipinski definition) is 2. The molecule has 2 aromatic rings. The van der Waals surface area contributed by atoms with Crippen LogP contribution in [-0.4, -0.2) is 39.1 Å². The molecular weight excluding hydrogens is 464 g/mol. The lowest BCUT2D eigenvalue weighted by molar-refractivity contribution is 0.258. The average molecular weight is 515 g/mol. The Kier molecular flexibility index (Phi) is 14.6. The van der Waals surface area contributed by atoms with Crippen molar-refractivity contribution < 1.29 is 14.4 Å². The fraction of sp³-hybridized carbons (Fsp3) is 0.625. The van der Waals surface area contributed by atoms with E-state index >= 15 is 0 Å². The zero-order chi connectivity index (χ0) is 26.1. The van der Waals surface area contributed by atoms with E-state index in [1.54, 1.807) is 0 Å². The first-order valence-corrected chi connectivity index (χ1v) is 15.6. The summed E-state index contributed by atoms with van der Waals surface area (Å²) in [5.74, 6) is 1.63. The Labute approximate surface area is 223 Å². The van der Waals surface area contributed by atoms with Crippen molar-refractivity contribution in [2.75, 3.05) is 24.7 Å². The lowest BCUT2D eigenvalue weighted by Crippen LogP contribution is -2.22. The van der Waals surface area contributed by atoms with Gasteiger partial charge in [0.25, 0.3) is 0 Å². The van der Waals surface area contributed by atoms with Crippen LogP contribution < -0.4 is 0 Å². The van der Waals surface area contributed by atoms with Gasteiger partial charge in [0.05, 0.1) is 0 Å². The molecule has 0 bridgehead atoms. The zero-order valence-corrected chi connectivity index (χ0v) is 23.6. The van der Waals surface area contributed by atoms with Gasteiger partial charge in [0.2, 0.25) is 0 Å². The van der Waals surface area contributed by atoms with Gasteiger partial charge in [-0.25, -0.2) is 0 Å². The van der Waals surface area contributed by atoms with Crippen molar-refractivity contribution >= 4 is 10.8 Å². The van der Waals surface area contributed by atoms with E-state index in [1.807, 2.05) is 0 Å². The molecule has 0 heterocycles. The summed E-state index contributed by atoms with van der Waals surface area (Å²) >= 11 is 0. The molecule has 0 aliphatic carbocycles. The SMILES string of the molecule is CC(CCCO)(CCCCCS(=O)CCCCCC(C)(CCCO)c1ccccc1)c1ccccc1. The number of aliphatic hydroxyl groups is 2. The molecule has 0 fully saturated rings. The van der Waals surface area contributed by atoms with Crippen LogP contribution in [0.3, 0.4) is 0 Å². The Bertz CT molecular complexity index is 771. The van der Waals surface area contributed by atoms with Gasteiger partial charge in [0.1, 0.15) is 0 Å². The number of aliphatic hydroxyl groups excluding tert-OH is 2. The van der Waals surface area contributed by atoms with Gasteiger partial charge in [0.15, 0.2) is 0 Å². The van der Waals surface area contributed by atoms with Crippen molar-refractivity contribution in [1.82, 2.24) is 0 Å². The maximum absolute atomic E-state index is 12.5. The maximum atomic E-state index is 12.5. The van der Waals surface area contributed by atoms with Crippen LogP contribution >= 0.6 is 0 Å². The van der Waals surface area contributed by atoms with E-state index in [9.17, 15) is 14.4 Å². The van der Waals surface area contributed by atoms with Gasteiger partial charge in [-0.05, 0) is 73.3 Å². The van der Waals surface area contributed by atoms with E-state index < -0.39 is 10.8 Å². The van der Waals surface area contributed by atoms with Gasteiger partial charge in [-0.15, -0.1) is 0 Å². The Morgan fingerprint density at radius 3 is 1.28 bits per heavy atom. The Hall–Kier alpha value is -1.49. The zero-order valence-electron chi connectivity index (χ0n) is 22.8. The molecule has 0 spiro atoms. The molecule has 202 valence electrons. The van der Waals surface area contributed by atoms with Crippen LogP contribution in [0.15, 0.2) is 60.7 Å². The van der Waals surface area contributed by atoms with E-state index in [0.717, 1.165) is 88.6 Å². The first-order chi connectivity index (χ1) is 17.4. The topological polar surface area (TPSA) is 57.5 Å². The van der Waals surface area contributed by atoms with Gasteiger partial charge >= 0.3 is 0 Å². The van der Waals surface area contributed by atoms with E-state index in [0.29, 0.717) is 0 Å². The first kappa shape index (κ1) is 30.7. The highest BCUT2D eigenvalue weighted by Gasteiger charge is 2.26. The minimum Gasteiger partial charge on any atom is -0.396 e. The molecule has 0 amide bonds. The number of benzene rings is 2. The van der Waals surface area contributed by atoms with Gasteiger partial charge in [-0.1, -0.05) is 100 Å². The molecule has 2 aromatic carbocycles. The van der Waals surface area contributed by atoms with Gasteiger partial charge in [-0.2, -0.15) is 0 Å². The molecule has 2 rings (SSSR count). The smallest absolute Gasteiger partial charge is 0.0431 e. The van der Waals surface area contributed by atoms with E-state index in [-0.39, 0.29) is 24.0 Å². The van der Waals surface area contributed by atoms with Crippen molar-refractivity contribution in [1.29, 1.82) is 0 Å². The Morgan fingerprint density at radius 1 is 0.556 bits per heavy atom. The minimum absolute atomic E-state index is 0.106. The summed E-state index contributed by atoms with van der Waals surface area (Å²) in [6.07, 6.45) is 12.5. The van der Waals surface area contributed by atoms with Crippen LogP contribution in [0.5, 0.6) is 0 Å². The second kappa shape index (κ2) is 17.1. The number of hydrogen-bond acceptors (Lipinski definition) is 3. The Morgan fingerprint density at radius 2 is 0.917 bits per heavy atom. The molecule has 2 unspecified atom stereocenters. The summed E-state index contributed by atoms with van der Waals surface area (Å²) in [6.45, 7) is 5.14. The summed E-state index contributed by atoms with van der Waals surface area (Å²) in [7, 11) is -0.717. The highest BCUT2D eigenvalue weighted by molar-refractivity contribution is 7.84. The van der Waals surface area contributed by atoms with Gasteiger partial charge in [0, 0.05) is 35.5 Å². The predicted octanol–water partition coefficient (Wildman–Crippen LogP) is 7.32. The first-order valence-electron chi connectivity index (χ1n) is 14.1. The summed E-state index contributed by atoms with van der Waals surface area (Å²) in [5.41, 5.74) is 2.94. The fourth-order valence-electron chi connectivity index (χ4n) is 5.46. The second-order valence-corrected chi connectivity index (χ2v) is 12.7. The van der Waals surface area contributed by atoms with Gasteiger partial charge in [-0.3, -0.25) is 4.21 Å².